The Morgan fingerprint density at radius 3 is 2.72 bits per heavy atom. The average molecular weight is 248 g/mol. The van der Waals surface area contributed by atoms with Gasteiger partial charge in [0.25, 0.3) is 0 Å². The maximum absolute atomic E-state index is 12.1. The van der Waals surface area contributed by atoms with E-state index in [-0.39, 0.29) is 12.3 Å². The van der Waals surface area contributed by atoms with Crippen LogP contribution in [0, 0.1) is 0 Å². The van der Waals surface area contributed by atoms with Gasteiger partial charge in [-0.2, -0.15) is 0 Å². The Labute approximate surface area is 105 Å². The van der Waals surface area contributed by atoms with Crippen molar-refractivity contribution in [1.29, 1.82) is 0 Å². The molecule has 0 aromatic heterocycles. The zero-order valence-electron chi connectivity index (χ0n) is 10.0. The van der Waals surface area contributed by atoms with Crippen LogP contribution in [-0.2, 0) is 16.0 Å². The number of carboxylic acid groups (broad SMARTS) is 1. The van der Waals surface area contributed by atoms with Gasteiger partial charge in [0, 0.05) is 19.6 Å². The van der Waals surface area contributed by atoms with Gasteiger partial charge in [-0.3, -0.25) is 4.79 Å². The SMILES string of the molecule is O=C(O)C1CNCCN1C(=O)Cc1ccccc1. The lowest BCUT2D eigenvalue weighted by atomic mass is 10.1. The summed E-state index contributed by atoms with van der Waals surface area (Å²) in [6.07, 6.45) is 0.255. The first-order valence-corrected chi connectivity index (χ1v) is 5.95. The Morgan fingerprint density at radius 2 is 2.06 bits per heavy atom. The fourth-order valence-corrected chi connectivity index (χ4v) is 2.10. The summed E-state index contributed by atoms with van der Waals surface area (Å²) in [4.78, 5) is 24.7. The zero-order chi connectivity index (χ0) is 13.0. The molecule has 96 valence electrons. The van der Waals surface area contributed by atoms with Crippen LogP contribution in [0.15, 0.2) is 30.3 Å². The van der Waals surface area contributed by atoms with Crippen LogP contribution in [0.5, 0.6) is 0 Å². The first kappa shape index (κ1) is 12.6. The Morgan fingerprint density at radius 1 is 1.33 bits per heavy atom. The molecule has 2 N–H and O–H groups in total. The smallest absolute Gasteiger partial charge is 0.327 e. The number of carboxylic acids is 1. The Kier molecular flexibility index (Phi) is 3.94. The van der Waals surface area contributed by atoms with Gasteiger partial charge >= 0.3 is 5.97 Å². The second-order valence-electron chi connectivity index (χ2n) is 4.31. The molecule has 1 atom stereocenters. The fourth-order valence-electron chi connectivity index (χ4n) is 2.10. The van der Waals surface area contributed by atoms with Crippen molar-refractivity contribution in [1.82, 2.24) is 10.2 Å². The van der Waals surface area contributed by atoms with Crippen LogP contribution in [0.1, 0.15) is 5.56 Å². The molecule has 2 rings (SSSR count). The van der Waals surface area contributed by atoms with Gasteiger partial charge in [0.2, 0.25) is 5.91 Å². The first-order valence-electron chi connectivity index (χ1n) is 5.95. The van der Waals surface area contributed by atoms with Crippen LogP contribution in [-0.4, -0.2) is 47.6 Å². The molecule has 1 unspecified atom stereocenters. The number of hydrogen-bond donors (Lipinski definition) is 2. The van der Waals surface area contributed by atoms with Gasteiger partial charge in [0.15, 0.2) is 0 Å². The molecule has 5 heteroatoms. The van der Waals surface area contributed by atoms with E-state index in [1.807, 2.05) is 30.3 Å². The van der Waals surface area contributed by atoms with Gasteiger partial charge in [-0.15, -0.1) is 0 Å². The molecule has 0 bridgehead atoms. The number of rotatable bonds is 3. The van der Waals surface area contributed by atoms with E-state index in [0.29, 0.717) is 19.6 Å². The predicted molar refractivity (Wildman–Crippen MR) is 66.2 cm³/mol. The highest BCUT2D eigenvalue weighted by Crippen LogP contribution is 2.08. The molecule has 18 heavy (non-hydrogen) atoms. The molecular weight excluding hydrogens is 232 g/mol. The van der Waals surface area contributed by atoms with E-state index in [9.17, 15) is 9.59 Å². The van der Waals surface area contributed by atoms with Crippen molar-refractivity contribution in [3.8, 4) is 0 Å². The molecule has 1 aliphatic heterocycles. The number of hydrogen-bond acceptors (Lipinski definition) is 3. The summed E-state index contributed by atoms with van der Waals surface area (Å²) >= 11 is 0. The number of benzene rings is 1. The molecule has 1 aromatic carbocycles. The third-order valence-corrected chi connectivity index (χ3v) is 3.05. The summed E-state index contributed by atoms with van der Waals surface area (Å²) < 4.78 is 0. The van der Waals surface area contributed by atoms with Crippen molar-refractivity contribution in [2.45, 2.75) is 12.5 Å². The monoisotopic (exact) mass is 248 g/mol. The summed E-state index contributed by atoms with van der Waals surface area (Å²) in [6, 6.07) is 8.62. The number of piperazine rings is 1. The Bertz CT molecular complexity index is 433. The number of aliphatic carboxylic acids is 1. The van der Waals surface area contributed by atoms with E-state index in [2.05, 4.69) is 5.32 Å². The van der Waals surface area contributed by atoms with Crippen LogP contribution in [0.25, 0.3) is 0 Å². The van der Waals surface area contributed by atoms with E-state index in [1.54, 1.807) is 0 Å². The molecule has 0 saturated carbocycles. The molecule has 0 radical (unpaired) electrons. The second-order valence-corrected chi connectivity index (χ2v) is 4.31. The Balaban J connectivity index is 2.05. The molecule has 5 nitrogen and oxygen atoms in total. The standard InChI is InChI=1S/C13H16N2O3/c16-12(8-10-4-2-1-3-5-10)15-7-6-14-9-11(15)13(17)18/h1-5,11,14H,6-9H2,(H,17,18). The van der Waals surface area contributed by atoms with E-state index in [0.717, 1.165) is 5.56 Å². The molecular formula is C13H16N2O3. The number of amides is 1. The molecule has 1 fully saturated rings. The van der Waals surface area contributed by atoms with Gasteiger partial charge in [-0.05, 0) is 5.56 Å². The highest BCUT2D eigenvalue weighted by atomic mass is 16.4. The fraction of sp³-hybridized carbons (Fsp3) is 0.385. The minimum Gasteiger partial charge on any atom is -0.480 e. The number of carbonyl (C=O) groups excluding carboxylic acids is 1. The molecule has 1 heterocycles. The van der Waals surface area contributed by atoms with Crippen LogP contribution in [0.4, 0.5) is 0 Å². The van der Waals surface area contributed by atoms with E-state index in [4.69, 9.17) is 5.11 Å². The van der Waals surface area contributed by atoms with E-state index in [1.165, 1.54) is 4.90 Å². The van der Waals surface area contributed by atoms with Gasteiger partial charge < -0.3 is 15.3 Å². The minimum atomic E-state index is -0.955. The summed E-state index contributed by atoms with van der Waals surface area (Å²) in [6.45, 7) is 1.41. The molecule has 0 spiro atoms. The van der Waals surface area contributed by atoms with Crippen molar-refractivity contribution in [2.75, 3.05) is 19.6 Å². The normalized spacial score (nSPS) is 19.6. The van der Waals surface area contributed by atoms with Crippen molar-refractivity contribution in [3.63, 3.8) is 0 Å². The summed E-state index contributed by atoms with van der Waals surface area (Å²) in [5, 5.41) is 12.1. The number of carbonyl (C=O) groups is 2. The van der Waals surface area contributed by atoms with Crippen molar-refractivity contribution >= 4 is 11.9 Å². The van der Waals surface area contributed by atoms with Crippen LogP contribution in [0.2, 0.25) is 0 Å². The molecule has 1 saturated heterocycles. The van der Waals surface area contributed by atoms with Crippen LogP contribution >= 0.6 is 0 Å². The van der Waals surface area contributed by atoms with Crippen LogP contribution < -0.4 is 5.32 Å². The third kappa shape index (κ3) is 2.87. The molecule has 1 aliphatic rings. The number of nitrogens with zero attached hydrogens (tertiary/aromatic N) is 1. The lowest BCUT2D eigenvalue weighted by Gasteiger charge is -2.33. The lowest BCUT2D eigenvalue weighted by Crippen LogP contribution is -2.57. The maximum atomic E-state index is 12.1. The highest BCUT2D eigenvalue weighted by molar-refractivity contribution is 5.85. The molecule has 1 aromatic rings. The zero-order valence-corrected chi connectivity index (χ0v) is 10.0. The lowest BCUT2D eigenvalue weighted by molar-refractivity contribution is -0.150. The summed E-state index contributed by atoms with van der Waals surface area (Å²) in [5.41, 5.74) is 0.908. The predicted octanol–water partition coefficient (Wildman–Crippen LogP) is 0.114. The third-order valence-electron chi connectivity index (χ3n) is 3.05. The van der Waals surface area contributed by atoms with Gasteiger partial charge in [-0.1, -0.05) is 30.3 Å². The molecule has 0 aliphatic carbocycles. The van der Waals surface area contributed by atoms with E-state index < -0.39 is 12.0 Å². The van der Waals surface area contributed by atoms with Crippen LogP contribution in [0.3, 0.4) is 0 Å². The van der Waals surface area contributed by atoms with Crippen molar-refractivity contribution < 1.29 is 14.7 Å². The Hall–Kier alpha value is -1.88. The molecule has 1 amide bonds. The maximum Gasteiger partial charge on any atom is 0.327 e. The first-order chi connectivity index (χ1) is 8.68. The second kappa shape index (κ2) is 5.64. The summed E-state index contributed by atoms with van der Waals surface area (Å²) in [7, 11) is 0. The quantitative estimate of drug-likeness (QED) is 0.797. The van der Waals surface area contributed by atoms with Gasteiger partial charge in [0.1, 0.15) is 6.04 Å². The highest BCUT2D eigenvalue weighted by Gasteiger charge is 2.31. The van der Waals surface area contributed by atoms with Crippen molar-refractivity contribution in [2.24, 2.45) is 0 Å². The van der Waals surface area contributed by atoms with Gasteiger partial charge in [-0.25, -0.2) is 4.79 Å². The minimum absolute atomic E-state index is 0.130. The largest absolute Gasteiger partial charge is 0.480 e. The van der Waals surface area contributed by atoms with E-state index >= 15 is 0 Å². The topological polar surface area (TPSA) is 69.6 Å². The van der Waals surface area contributed by atoms with Gasteiger partial charge in [0.05, 0.1) is 6.42 Å². The summed E-state index contributed by atoms with van der Waals surface area (Å²) in [5.74, 6) is -1.08. The average Bonchev–Trinajstić information content (AvgIpc) is 2.40. The van der Waals surface area contributed by atoms with Crippen molar-refractivity contribution in [3.05, 3.63) is 35.9 Å². The number of nitrogens with one attached hydrogen (secondary N) is 1.